The van der Waals surface area contributed by atoms with E-state index in [1.165, 1.54) is 17.3 Å². The van der Waals surface area contributed by atoms with Crippen molar-refractivity contribution in [2.45, 2.75) is 37.1 Å². The van der Waals surface area contributed by atoms with Crippen LogP contribution in [-0.2, 0) is 18.2 Å². The van der Waals surface area contributed by atoms with Crippen molar-refractivity contribution in [3.63, 3.8) is 0 Å². The molecule has 0 N–H and O–H groups in total. The minimum Gasteiger partial charge on any atom is -0.493 e. The Balaban J connectivity index is 1.46. The molecule has 0 aliphatic heterocycles. The number of methoxy groups -OCH3 is 2. The second-order valence-corrected chi connectivity index (χ2v) is 9.51. The largest absolute Gasteiger partial charge is 0.493 e. The predicted molar refractivity (Wildman–Crippen MR) is 128 cm³/mol. The summed E-state index contributed by atoms with van der Waals surface area (Å²) in [6, 6.07) is 14.0. The van der Waals surface area contributed by atoms with Crippen molar-refractivity contribution in [1.29, 1.82) is 0 Å². The van der Waals surface area contributed by atoms with Crippen LogP contribution in [0.3, 0.4) is 0 Å². The third-order valence-corrected chi connectivity index (χ3v) is 6.28. The van der Waals surface area contributed by atoms with Gasteiger partial charge in [0.25, 0.3) is 0 Å². The van der Waals surface area contributed by atoms with Crippen molar-refractivity contribution in [2.24, 2.45) is 7.05 Å². The molecule has 4 aromatic rings. The highest BCUT2D eigenvalue weighted by Gasteiger charge is 2.17. The highest BCUT2D eigenvalue weighted by Crippen LogP contribution is 2.32. The average molecular weight is 466 g/mol. The molecule has 0 radical (unpaired) electrons. The van der Waals surface area contributed by atoms with Crippen LogP contribution in [0.2, 0.25) is 0 Å². The highest BCUT2D eigenvalue weighted by molar-refractivity contribution is 7.98. The van der Waals surface area contributed by atoms with Crippen molar-refractivity contribution in [3.8, 4) is 34.3 Å². The maximum Gasteiger partial charge on any atom is 0.237 e. The summed E-state index contributed by atoms with van der Waals surface area (Å²) in [5, 5.41) is 13.6. The lowest BCUT2D eigenvalue weighted by Gasteiger charge is -2.19. The van der Waals surface area contributed by atoms with E-state index in [9.17, 15) is 0 Å². The van der Waals surface area contributed by atoms with Crippen LogP contribution >= 0.6 is 11.8 Å². The zero-order valence-corrected chi connectivity index (χ0v) is 20.4. The van der Waals surface area contributed by atoms with Crippen LogP contribution in [-0.4, -0.2) is 39.1 Å². The number of hydrogen-bond acceptors (Lipinski definition) is 8. The molecular formula is C24H27N5O3S. The Morgan fingerprint density at radius 3 is 2.30 bits per heavy atom. The molecule has 0 unspecified atom stereocenters. The van der Waals surface area contributed by atoms with E-state index in [0.717, 1.165) is 22.1 Å². The second kappa shape index (κ2) is 9.27. The SMILES string of the molecule is COc1ccc(-c2noc(CSc3nnc(-c4ccc(C(C)(C)C)cc4)n3C)n2)cc1OC. The molecule has 2 aromatic heterocycles. The molecule has 0 aliphatic rings. The van der Waals surface area contributed by atoms with Gasteiger partial charge < -0.3 is 18.6 Å². The molecule has 172 valence electrons. The fourth-order valence-corrected chi connectivity index (χ4v) is 4.09. The van der Waals surface area contributed by atoms with Crippen molar-refractivity contribution >= 4 is 11.8 Å². The zero-order valence-electron chi connectivity index (χ0n) is 19.6. The molecule has 0 spiro atoms. The number of nitrogens with zero attached hydrogens (tertiary/aromatic N) is 5. The number of hydrogen-bond donors (Lipinski definition) is 0. The minimum atomic E-state index is 0.110. The first-order chi connectivity index (χ1) is 15.8. The molecule has 0 atom stereocenters. The van der Waals surface area contributed by atoms with Crippen molar-refractivity contribution in [3.05, 3.63) is 53.9 Å². The number of thioether (sulfide) groups is 1. The minimum absolute atomic E-state index is 0.110. The van der Waals surface area contributed by atoms with Crippen molar-refractivity contribution < 1.29 is 14.0 Å². The smallest absolute Gasteiger partial charge is 0.237 e. The average Bonchev–Trinajstić information content (AvgIpc) is 3.43. The first-order valence-corrected chi connectivity index (χ1v) is 11.5. The van der Waals surface area contributed by atoms with Crippen LogP contribution in [0.15, 0.2) is 52.1 Å². The van der Waals surface area contributed by atoms with E-state index in [0.29, 0.717) is 29.0 Å². The van der Waals surface area contributed by atoms with E-state index >= 15 is 0 Å². The molecule has 0 fully saturated rings. The lowest BCUT2D eigenvalue weighted by molar-refractivity contribution is 0.355. The molecular weight excluding hydrogens is 438 g/mol. The van der Waals surface area contributed by atoms with Crippen LogP contribution in [0.5, 0.6) is 11.5 Å². The molecule has 9 heteroatoms. The van der Waals surface area contributed by atoms with Crippen LogP contribution in [0.1, 0.15) is 32.2 Å². The van der Waals surface area contributed by atoms with Crippen LogP contribution in [0.25, 0.3) is 22.8 Å². The Bertz CT molecular complexity index is 1240. The summed E-state index contributed by atoms with van der Waals surface area (Å²) >= 11 is 1.49. The normalized spacial score (nSPS) is 11.6. The molecule has 2 heterocycles. The van der Waals surface area contributed by atoms with E-state index in [-0.39, 0.29) is 5.41 Å². The molecule has 33 heavy (non-hydrogen) atoms. The Morgan fingerprint density at radius 1 is 0.939 bits per heavy atom. The Hall–Kier alpha value is -3.33. The third-order valence-electron chi connectivity index (χ3n) is 5.28. The standard InChI is InChI=1S/C24H27N5O3S/c1-24(2,3)17-10-7-15(8-11-17)22-26-27-23(29(22)4)33-14-20-25-21(28-32-20)16-9-12-18(30-5)19(13-16)31-6/h7-13H,14H2,1-6H3. The molecule has 0 aliphatic carbocycles. The van der Waals surface area contributed by atoms with Crippen LogP contribution in [0.4, 0.5) is 0 Å². The van der Waals surface area contributed by atoms with Gasteiger partial charge in [0.1, 0.15) is 0 Å². The summed E-state index contributed by atoms with van der Waals surface area (Å²) in [7, 11) is 5.15. The van der Waals surface area contributed by atoms with Gasteiger partial charge in [0.05, 0.1) is 20.0 Å². The van der Waals surface area contributed by atoms with Gasteiger partial charge in [-0.1, -0.05) is 62.0 Å². The summed E-state index contributed by atoms with van der Waals surface area (Å²) in [5.41, 5.74) is 3.20. The van der Waals surface area contributed by atoms with Gasteiger partial charge in [-0.3, -0.25) is 0 Å². The van der Waals surface area contributed by atoms with E-state index in [2.05, 4.69) is 65.4 Å². The molecule has 4 rings (SSSR count). The van der Waals surface area contributed by atoms with Gasteiger partial charge in [-0.15, -0.1) is 10.2 Å². The van der Waals surface area contributed by atoms with Crippen LogP contribution < -0.4 is 9.47 Å². The number of benzene rings is 2. The maximum atomic E-state index is 5.44. The highest BCUT2D eigenvalue weighted by atomic mass is 32.2. The summed E-state index contributed by atoms with van der Waals surface area (Å²) in [4.78, 5) is 4.50. The molecule has 2 aromatic carbocycles. The molecule has 8 nitrogen and oxygen atoms in total. The number of rotatable bonds is 7. The molecule has 0 bridgehead atoms. The van der Waals surface area contributed by atoms with Gasteiger partial charge in [0, 0.05) is 18.2 Å². The summed E-state index contributed by atoms with van der Waals surface area (Å²) < 4.78 is 18.0. The van der Waals surface area contributed by atoms with Crippen LogP contribution in [0, 0.1) is 0 Å². The summed E-state index contributed by atoms with van der Waals surface area (Å²) in [6.45, 7) is 6.60. The Labute approximate surface area is 197 Å². The second-order valence-electron chi connectivity index (χ2n) is 8.56. The quantitative estimate of drug-likeness (QED) is 0.347. The van der Waals surface area contributed by atoms with Gasteiger partial charge in [-0.25, -0.2) is 0 Å². The molecule has 0 saturated carbocycles. The predicted octanol–water partition coefficient (Wildman–Crippen LogP) is 5.14. The monoisotopic (exact) mass is 465 g/mol. The van der Waals surface area contributed by atoms with Gasteiger partial charge in [0.2, 0.25) is 11.7 Å². The van der Waals surface area contributed by atoms with Gasteiger partial charge >= 0.3 is 0 Å². The third kappa shape index (κ3) is 4.88. The van der Waals surface area contributed by atoms with E-state index < -0.39 is 0 Å². The first kappa shape index (κ1) is 22.8. The maximum absolute atomic E-state index is 5.44. The fraction of sp³-hybridized carbons (Fsp3) is 0.333. The van der Waals surface area contributed by atoms with E-state index in [4.69, 9.17) is 14.0 Å². The van der Waals surface area contributed by atoms with Gasteiger partial charge in [-0.05, 0) is 29.2 Å². The summed E-state index contributed by atoms with van der Waals surface area (Å²) in [5.74, 6) is 3.54. The fourth-order valence-electron chi connectivity index (χ4n) is 3.34. The van der Waals surface area contributed by atoms with E-state index in [1.54, 1.807) is 14.2 Å². The van der Waals surface area contributed by atoms with E-state index in [1.807, 2.05) is 29.8 Å². The number of aromatic nitrogens is 5. The molecule has 0 saturated heterocycles. The Morgan fingerprint density at radius 2 is 1.64 bits per heavy atom. The lowest BCUT2D eigenvalue weighted by atomic mass is 9.87. The topological polar surface area (TPSA) is 88.1 Å². The van der Waals surface area contributed by atoms with Gasteiger partial charge in [-0.2, -0.15) is 4.98 Å². The van der Waals surface area contributed by atoms with Crippen molar-refractivity contribution in [1.82, 2.24) is 24.9 Å². The number of ether oxygens (including phenoxy) is 2. The molecule has 0 amide bonds. The summed E-state index contributed by atoms with van der Waals surface area (Å²) in [6.07, 6.45) is 0. The Kier molecular flexibility index (Phi) is 6.42. The lowest BCUT2D eigenvalue weighted by Crippen LogP contribution is -2.10. The van der Waals surface area contributed by atoms with Crippen molar-refractivity contribution in [2.75, 3.05) is 14.2 Å². The zero-order chi connectivity index (χ0) is 23.6. The van der Waals surface area contributed by atoms with Gasteiger partial charge in [0.15, 0.2) is 22.5 Å². The first-order valence-electron chi connectivity index (χ1n) is 10.5.